The minimum atomic E-state index is -4.33. The summed E-state index contributed by atoms with van der Waals surface area (Å²) >= 11 is 1.57. The van der Waals surface area contributed by atoms with Crippen LogP contribution >= 0.6 is 11.3 Å². The first-order valence-corrected chi connectivity index (χ1v) is 8.32. The molecule has 2 rings (SSSR count). The van der Waals surface area contributed by atoms with Crippen molar-refractivity contribution in [3.8, 4) is 0 Å². The normalized spacial score (nSPS) is 13.1. The van der Waals surface area contributed by atoms with Crippen LogP contribution in [0.5, 0.6) is 0 Å². The van der Waals surface area contributed by atoms with E-state index in [-0.39, 0.29) is 11.9 Å². The van der Waals surface area contributed by atoms with E-state index < -0.39 is 11.7 Å². The van der Waals surface area contributed by atoms with E-state index in [4.69, 9.17) is 0 Å². The monoisotopic (exact) mass is 356 g/mol. The van der Waals surface area contributed by atoms with Crippen LogP contribution in [0.2, 0.25) is 0 Å². The Kier molecular flexibility index (Phi) is 6.01. The summed E-state index contributed by atoms with van der Waals surface area (Å²) in [5.74, 6) is -0.113. The molecule has 24 heavy (non-hydrogen) atoms. The van der Waals surface area contributed by atoms with E-state index in [1.807, 2.05) is 17.5 Å². The van der Waals surface area contributed by atoms with E-state index in [0.29, 0.717) is 13.1 Å². The Morgan fingerprint density at radius 3 is 2.46 bits per heavy atom. The highest BCUT2D eigenvalue weighted by Gasteiger charge is 2.30. The van der Waals surface area contributed by atoms with Crippen molar-refractivity contribution in [2.24, 2.45) is 0 Å². The van der Waals surface area contributed by atoms with E-state index >= 15 is 0 Å². The van der Waals surface area contributed by atoms with Crippen LogP contribution in [0, 0.1) is 0 Å². The summed E-state index contributed by atoms with van der Waals surface area (Å²) in [5, 5.41) is 4.81. The molecule has 1 aromatic carbocycles. The minimum Gasteiger partial charge on any atom is -0.350 e. The average Bonchev–Trinajstić information content (AvgIpc) is 3.05. The number of likely N-dealkylation sites (N-methyl/N-ethyl adjacent to an activating group) is 1. The van der Waals surface area contributed by atoms with Crippen LogP contribution in [0.3, 0.4) is 0 Å². The van der Waals surface area contributed by atoms with E-state index in [1.165, 1.54) is 12.1 Å². The lowest BCUT2D eigenvalue weighted by atomic mass is 10.1. The minimum absolute atomic E-state index is 0.113. The number of carbonyl (C=O) groups excluding carboxylic acids is 1. The highest BCUT2D eigenvalue weighted by molar-refractivity contribution is 7.09. The molecule has 3 nitrogen and oxygen atoms in total. The van der Waals surface area contributed by atoms with Crippen molar-refractivity contribution < 1.29 is 18.0 Å². The molecule has 1 amide bonds. The lowest BCUT2D eigenvalue weighted by Crippen LogP contribution is -2.42. The number of hydrogen-bond donors (Lipinski definition) is 1. The van der Waals surface area contributed by atoms with Gasteiger partial charge in [-0.3, -0.25) is 9.69 Å². The van der Waals surface area contributed by atoms with Crippen LogP contribution in [0.4, 0.5) is 13.2 Å². The highest BCUT2D eigenvalue weighted by Crippen LogP contribution is 2.29. The number of hydrogen-bond acceptors (Lipinski definition) is 3. The van der Waals surface area contributed by atoms with Crippen molar-refractivity contribution in [2.45, 2.75) is 32.2 Å². The Labute approximate surface area is 143 Å². The fraction of sp³-hybridized carbons (Fsp3) is 0.353. The molecule has 2 aromatic rings. The molecule has 1 N–H and O–H groups in total. The first-order valence-electron chi connectivity index (χ1n) is 7.44. The van der Waals surface area contributed by atoms with Crippen molar-refractivity contribution >= 4 is 17.2 Å². The zero-order valence-electron chi connectivity index (χ0n) is 13.4. The van der Waals surface area contributed by atoms with Gasteiger partial charge in [-0.25, -0.2) is 0 Å². The van der Waals surface area contributed by atoms with Crippen LogP contribution in [0.15, 0.2) is 41.8 Å². The van der Waals surface area contributed by atoms with E-state index in [9.17, 15) is 18.0 Å². The second-order valence-corrected chi connectivity index (χ2v) is 6.62. The van der Waals surface area contributed by atoms with E-state index in [0.717, 1.165) is 22.6 Å². The number of halogens is 3. The number of nitrogens with zero attached hydrogens (tertiary/aromatic N) is 1. The summed E-state index contributed by atoms with van der Waals surface area (Å²) in [4.78, 5) is 15.0. The molecule has 0 radical (unpaired) electrons. The molecule has 1 heterocycles. The topological polar surface area (TPSA) is 32.3 Å². The first-order chi connectivity index (χ1) is 11.3. The summed E-state index contributed by atoms with van der Waals surface area (Å²) in [7, 11) is 1.77. The van der Waals surface area contributed by atoms with Gasteiger partial charge in [0, 0.05) is 11.4 Å². The Balaban J connectivity index is 1.88. The standard InChI is InChI=1S/C17H19F3N2OS/c1-12(16(23)21-10-15-4-3-9-24-15)22(2)11-13-5-7-14(8-6-13)17(18,19)20/h3-9,12H,10-11H2,1-2H3,(H,21,23)/t12-/m1/s1. The van der Waals surface area contributed by atoms with Gasteiger partial charge in [0.25, 0.3) is 0 Å². The third-order valence-electron chi connectivity index (χ3n) is 3.77. The van der Waals surface area contributed by atoms with Crippen molar-refractivity contribution in [3.05, 3.63) is 57.8 Å². The lowest BCUT2D eigenvalue weighted by Gasteiger charge is -2.24. The maximum absolute atomic E-state index is 12.6. The van der Waals surface area contributed by atoms with Crippen molar-refractivity contribution in [1.29, 1.82) is 0 Å². The molecule has 7 heteroatoms. The first kappa shape index (κ1) is 18.5. The molecule has 0 saturated heterocycles. The van der Waals surface area contributed by atoms with Gasteiger partial charge in [0.05, 0.1) is 18.2 Å². The molecule has 0 aliphatic carbocycles. The van der Waals surface area contributed by atoms with Crippen molar-refractivity contribution in [3.63, 3.8) is 0 Å². The third kappa shape index (κ3) is 5.07. The van der Waals surface area contributed by atoms with Gasteiger partial charge in [0.1, 0.15) is 0 Å². The summed E-state index contributed by atoms with van der Waals surface area (Å²) in [5.41, 5.74) is 0.0547. The molecular weight excluding hydrogens is 337 g/mol. The fourth-order valence-corrected chi connectivity index (χ4v) is 2.80. The number of nitrogens with one attached hydrogen (secondary N) is 1. The predicted molar refractivity (Wildman–Crippen MR) is 88.5 cm³/mol. The Hall–Kier alpha value is -1.86. The molecule has 0 spiro atoms. The molecule has 0 aliphatic heterocycles. The number of benzene rings is 1. The molecule has 1 atom stereocenters. The Morgan fingerprint density at radius 1 is 1.25 bits per heavy atom. The quantitative estimate of drug-likeness (QED) is 0.851. The molecule has 0 aliphatic rings. The molecule has 0 fully saturated rings. The van der Waals surface area contributed by atoms with Gasteiger partial charge in [0.2, 0.25) is 5.91 Å². The summed E-state index contributed by atoms with van der Waals surface area (Å²) in [6, 6.07) is 8.49. The molecule has 0 saturated carbocycles. The number of carbonyl (C=O) groups is 1. The molecule has 130 valence electrons. The third-order valence-corrected chi connectivity index (χ3v) is 4.65. The average molecular weight is 356 g/mol. The SMILES string of the molecule is C[C@H](C(=O)NCc1cccs1)N(C)Cc1ccc(C(F)(F)F)cc1. The second kappa shape index (κ2) is 7.81. The molecule has 0 bridgehead atoms. The zero-order valence-corrected chi connectivity index (χ0v) is 14.2. The predicted octanol–water partition coefficient (Wildman–Crippen LogP) is 3.90. The van der Waals surface area contributed by atoms with Crippen LogP contribution < -0.4 is 5.32 Å². The number of rotatable bonds is 6. The molecule has 0 unspecified atom stereocenters. The zero-order chi connectivity index (χ0) is 17.7. The van der Waals surface area contributed by atoms with Gasteiger partial charge >= 0.3 is 6.18 Å². The lowest BCUT2D eigenvalue weighted by molar-refractivity contribution is -0.137. The van der Waals surface area contributed by atoms with E-state index in [1.54, 1.807) is 30.2 Å². The number of thiophene rings is 1. The summed E-state index contributed by atoms with van der Waals surface area (Å²) < 4.78 is 37.7. The van der Waals surface area contributed by atoms with Gasteiger partial charge in [-0.2, -0.15) is 13.2 Å². The molecular formula is C17H19F3N2OS. The van der Waals surface area contributed by atoms with Gasteiger partial charge < -0.3 is 5.32 Å². The summed E-state index contributed by atoms with van der Waals surface area (Å²) in [6.07, 6.45) is -4.33. The maximum atomic E-state index is 12.6. The number of amides is 1. The second-order valence-electron chi connectivity index (χ2n) is 5.58. The number of alkyl halides is 3. The van der Waals surface area contributed by atoms with E-state index in [2.05, 4.69) is 5.32 Å². The van der Waals surface area contributed by atoms with Gasteiger partial charge in [-0.05, 0) is 43.1 Å². The maximum Gasteiger partial charge on any atom is 0.416 e. The highest BCUT2D eigenvalue weighted by atomic mass is 32.1. The van der Waals surface area contributed by atoms with Crippen molar-refractivity contribution in [2.75, 3.05) is 7.05 Å². The smallest absolute Gasteiger partial charge is 0.350 e. The fourth-order valence-electron chi connectivity index (χ4n) is 2.16. The Bertz CT molecular complexity index is 653. The van der Waals surface area contributed by atoms with Gasteiger partial charge in [0.15, 0.2) is 0 Å². The largest absolute Gasteiger partial charge is 0.416 e. The van der Waals surface area contributed by atoms with Crippen LogP contribution in [-0.4, -0.2) is 23.9 Å². The van der Waals surface area contributed by atoms with Crippen LogP contribution in [0.1, 0.15) is 22.9 Å². The van der Waals surface area contributed by atoms with Gasteiger partial charge in [-0.1, -0.05) is 18.2 Å². The Morgan fingerprint density at radius 2 is 1.92 bits per heavy atom. The van der Waals surface area contributed by atoms with Crippen LogP contribution in [0.25, 0.3) is 0 Å². The van der Waals surface area contributed by atoms with Crippen molar-refractivity contribution in [1.82, 2.24) is 10.2 Å². The summed E-state index contributed by atoms with van der Waals surface area (Å²) in [6.45, 7) is 2.65. The van der Waals surface area contributed by atoms with Gasteiger partial charge in [-0.15, -0.1) is 11.3 Å². The molecule has 1 aromatic heterocycles. The van der Waals surface area contributed by atoms with Crippen LogP contribution in [-0.2, 0) is 24.1 Å².